The number of carboxylic acid groups (broad SMARTS) is 1. The van der Waals surface area contributed by atoms with Crippen molar-refractivity contribution in [3.8, 4) is 0 Å². The van der Waals surface area contributed by atoms with Gasteiger partial charge in [-0.3, -0.25) is 9.71 Å². The van der Waals surface area contributed by atoms with E-state index in [1.165, 1.54) is 30.3 Å². The second-order valence-corrected chi connectivity index (χ2v) is 6.87. The number of fused-ring (bicyclic) bond motifs is 1. The van der Waals surface area contributed by atoms with E-state index in [1.54, 1.807) is 0 Å². The number of carbonyl (C=O) groups is 1. The summed E-state index contributed by atoms with van der Waals surface area (Å²) in [6.45, 7) is 0. The summed E-state index contributed by atoms with van der Waals surface area (Å²) in [7, 11) is -4.01. The molecule has 8 nitrogen and oxygen atoms in total. The number of hydrogen-bond acceptors (Lipinski definition) is 5. The third kappa shape index (κ3) is 2.99. The summed E-state index contributed by atoms with van der Waals surface area (Å²) in [6, 6.07) is 7.57. The van der Waals surface area contributed by atoms with Gasteiger partial charge in [0.05, 0.1) is 21.0 Å². The van der Waals surface area contributed by atoms with Crippen LogP contribution < -0.4 is 10.5 Å². The lowest BCUT2D eigenvalue weighted by Crippen LogP contribution is -2.13. The van der Waals surface area contributed by atoms with E-state index in [2.05, 4.69) is 9.71 Å². The number of rotatable bonds is 4. The first-order valence-electron chi connectivity index (χ1n) is 6.45. The van der Waals surface area contributed by atoms with Crippen LogP contribution in [0.2, 0.25) is 5.02 Å². The van der Waals surface area contributed by atoms with E-state index >= 15 is 0 Å². The highest BCUT2D eigenvalue weighted by molar-refractivity contribution is 7.92. The third-order valence-electron chi connectivity index (χ3n) is 3.15. The highest BCUT2D eigenvalue weighted by Crippen LogP contribution is 2.24. The molecule has 0 aliphatic heterocycles. The minimum Gasteiger partial charge on any atom is -0.478 e. The minimum absolute atomic E-state index is 0.0130. The number of aromatic carboxylic acids is 1. The van der Waals surface area contributed by atoms with Crippen molar-refractivity contribution in [3.63, 3.8) is 0 Å². The number of hydrogen-bond donors (Lipinski definition) is 3. The minimum atomic E-state index is -4.01. The summed E-state index contributed by atoms with van der Waals surface area (Å²) in [4.78, 5) is 24.4. The first-order chi connectivity index (χ1) is 11.3. The fourth-order valence-corrected chi connectivity index (χ4v) is 3.32. The second kappa shape index (κ2) is 5.69. The molecule has 0 fully saturated rings. The maximum atomic E-state index is 12.4. The summed E-state index contributed by atoms with van der Waals surface area (Å²) in [5.74, 6) is -1.98. The monoisotopic (exact) mass is 368 g/mol. The normalized spacial score (nSPS) is 11.5. The molecule has 0 atom stereocenters. The number of aromatic nitrogens is 1. The van der Waals surface area contributed by atoms with Gasteiger partial charge in [-0.2, -0.15) is 0 Å². The topological polar surface area (TPSA) is 129 Å². The Kier molecular flexibility index (Phi) is 3.82. The number of carboxylic acids is 1. The van der Waals surface area contributed by atoms with Gasteiger partial charge in [-0.05, 0) is 30.3 Å². The zero-order valence-electron chi connectivity index (χ0n) is 11.7. The number of anilines is 1. The molecule has 0 unspecified atom stereocenters. The summed E-state index contributed by atoms with van der Waals surface area (Å²) < 4.78 is 31.9. The van der Waals surface area contributed by atoms with E-state index in [9.17, 15) is 18.0 Å². The van der Waals surface area contributed by atoms with Crippen LogP contribution in [0.4, 0.5) is 5.69 Å². The van der Waals surface area contributed by atoms with Gasteiger partial charge in [0.1, 0.15) is 0 Å². The van der Waals surface area contributed by atoms with Crippen molar-refractivity contribution in [1.82, 2.24) is 4.98 Å². The van der Waals surface area contributed by atoms with Gasteiger partial charge in [-0.1, -0.05) is 11.6 Å². The van der Waals surface area contributed by atoms with Gasteiger partial charge in [0, 0.05) is 11.8 Å². The van der Waals surface area contributed by atoms with E-state index in [1.807, 2.05) is 0 Å². The van der Waals surface area contributed by atoms with Crippen LogP contribution in [-0.2, 0) is 10.0 Å². The van der Waals surface area contributed by atoms with Crippen molar-refractivity contribution in [2.75, 3.05) is 4.72 Å². The number of H-pyrrole nitrogens is 1. The van der Waals surface area contributed by atoms with Crippen LogP contribution in [0, 0.1) is 0 Å². The Hall–Kier alpha value is -2.78. The molecular formula is C14H9ClN2O6S. The standard InChI is InChI=1S/C14H9ClN2O6S/c15-10-3-1-7(5-9(10)13(18)19)17-24(21,22)8-2-4-11-12(6-8)23-14(20)16-11/h1-6,17H,(H,16,20)(H,18,19). The van der Waals surface area contributed by atoms with Gasteiger partial charge in [0.25, 0.3) is 10.0 Å². The number of nitrogens with one attached hydrogen (secondary N) is 2. The predicted molar refractivity (Wildman–Crippen MR) is 86.1 cm³/mol. The van der Waals surface area contributed by atoms with E-state index < -0.39 is 21.7 Å². The van der Waals surface area contributed by atoms with Gasteiger partial charge < -0.3 is 9.52 Å². The zero-order chi connectivity index (χ0) is 17.5. The lowest BCUT2D eigenvalue weighted by molar-refractivity contribution is 0.0697. The Bertz CT molecular complexity index is 1120. The Morgan fingerprint density at radius 3 is 2.67 bits per heavy atom. The van der Waals surface area contributed by atoms with E-state index in [-0.39, 0.29) is 26.8 Å². The Balaban J connectivity index is 1.99. The summed E-state index contributed by atoms with van der Waals surface area (Å²) in [5, 5.41) is 9.01. The average molecular weight is 369 g/mol. The van der Waals surface area contributed by atoms with Crippen molar-refractivity contribution < 1.29 is 22.7 Å². The molecule has 3 aromatic rings. The average Bonchev–Trinajstić information content (AvgIpc) is 2.87. The van der Waals surface area contributed by atoms with Crippen LogP contribution in [0.1, 0.15) is 10.4 Å². The maximum Gasteiger partial charge on any atom is 0.417 e. The molecular weight excluding hydrogens is 360 g/mol. The van der Waals surface area contributed by atoms with Gasteiger partial charge in [0.15, 0.2) is 5.58 Å². The van der Waals surface area contributed by atoms with Crippen molar-refractivity contribution in [2.45, 2.75) is 4.90 Å². The molecule has 24 heavy (non-hydrogen) atoms. The summed E-state index contributed by atoms with van der Waals surface area (Å²) >= 11 is 5.74. The van der Waals surface area contributed by atoms with Crippen LogP contribution in [0.5, 0.6) is 0 Å². The molecule has 0 radical (unpaired) electrons. The molecule has 0 aliphatic rings. The third-order valence-corrected chi connectivity index (χ3v) is 4.86. The molecule has 10 heteroatoms. The molecule has 0 spiro atoms. The predicted octanol–water partition coefficient (Wildman–Crippen LogP) is 2.27. The Morgan fingerprint density at radius 1 is 1.21 bits per heavy atom. The van der Waals surface area contributed by atoms with Gasteiger partial charge in [-0.25, -0.2) is 18.0 Å². The van der Waals surface area contributed by atoms with Crippen LogP contribution >= 0.6 is 11.6 Å². The van der Waals surface area contributed by atoms with E-state index in [0.717, 1.165) is 6.07 Å². The first kappa shape index (κ1) is 16.1. The number of halogens is 1. The molecule has 0 amide bonds. The summed E-state index contributed by atoms with van der Waals surface area (Å²) in [5.41, 5.74) is 0.250. The smallest absolute Gasteiger partial charge is 0.417 e. The lowest BCUT2D eigenvalue weighted by Gasteiger charge is -2.09. The van der Waals surface area contributed by atoms with E-state index in [4.69, 9.17) is 21.1 Å². The molecule has 1 heterocycles. The number of oxazole rings is 1. The SMILES string of the molecule is O=C(O)c1cc(NS(=O)(=O)c2ccc3[nH]c(=O)oc3c2)ccc1Cl. The summed E-state index contributed by atoms with van der Waals surface area (Å²) in [6.07, 6.45) is 0. The Labute approximate surface area is 139 Å². The molecule has 124 valence electrons. The highest BCUT2D eigenvalue weighted by atomic mass is 35.5. The fourth-order valence-electron chi connectivity index (χ4n) is 2.06. The molecule has 0 saturated carbocycles. The van der Waals surface area contributed by atoms with Crippen LogP contribution in [0.15, 0.2) is 50.5 Å². The highest BCUT2D eigenvalue weighted by Gasteiger charge is 2.18. The van der Waals surface area contributed by atoms with Crippen molar-refractivity contribution in [3.05, 3.63) is 57.5 Å². The number of sulfonamides is 1. The largest absolute Gasteiger partial charge is 0.478 e. The van der Waals surface area contributed by atoms with Crippen molar-refractivity contribution >= 4 is 44.4 Å². The van der Waals surface area contributed by atoms with E-state index in [0.29, 0.717) is 5.52 Å². The molecule has 0 saturated heterocycles. The lowest BCUT2D eigenvalue weighted by atomic mass is 10.2. The van der Waals surface area contributed by atoms with Crippen molar-refractivity contribution in [1.29, 1.82) is 0 Å². The van der Waals surface area contributed by atoms with Crippen LogP contribution in [0.25, 0.3) is 11.1 Å². The molecule has 0 aliphatic carbocycles. The fraction of sp³-hybridized carbons (Fsp3) is 0. The van der Waals surface area contributed by atoms with Gasteiger partial charge >= 0.3 is 11.7 Å². The molecule has 0 bridgehead atoms. The number of aromatic amines is 1. The Morgan fingerprint density at radius 2 is 1.96 bits per heavy atom. The van der Waals surface area contributed by atoms with Crippen molar-refractivity contribution in [2.24, 2.45) is 0 Å². The van der Waals surface area contributed by atoms with Gasteiger partial charge in [-0.15, -0.1) is 0 Å². The number of benzene rings is 2. The maximum absolute atomic E-state index is 12.4. The molecule has 3 N–H and O–H groups in total. The van der Waals surface area contributed by atoms with Crippen LogP contribution in [-0.4, -0.2) is 24.5 Å². The van der Waals surface area contributed by atoms with Crippen LogP contribution in [0.3, 0.4) is 0 Å². The first-order valence-corrected chi connectivity index (χ1v) is 8.31. The molecule has 2 aromatic carbocycles. The zero-order valence-corrected chi connectivity index (χ0v) is 13.3. The molecule has 3 rings (SSSR count). The van der Waals surface area contributed by atoms with Gasteiger partial charge in [0.2, 0.25) is 0 Å². The quantitative estimate of drug-likeness (QED) is 0.647. The molecule has 1 aromatic heterocycles. The second-order valence-electron chi connectivity index (χ2n) is 4.78.